The Bertz CT molecular complexity index is 588. The number of nitrogens with zero attached hydrogens (tertiary/aromatic N) is 1. The Labute approximate surface area is 109 Å². The zero-order valence-electron chi connectivity index (χ0n) is 9.12. The van der Waals surface area contributed by atoms with E-state index in [9.17, 15) is 0 Å². The lowest BCUT2D eigenvalue weighted by Crippen LogP contribution is -2.19. The molecule has 0 fully saturated rings. The van der Waals surface area contributed by atoms with Crippen molar-refractivity contribution in [2.45, 2.75) is 12.8 Å². The van der Waals surface area contributed by atoms with Crippen LogP contribution in [0.3, 0.4) is 0 Å². The topological polar surface area (TPSA) is 16.4 Å². The molecule has 17 heavy (non-hydrogen) atoms. The first-order chi connectivity index (χ1) is 8.24. The predicted molar refractivity (Wildman–Crippen MR) is 72.0 cm³/mol. The minimum absolute atomic E-state index is 0.555. The number of hydrogen-bond acceptors (Lipinski definition) is 2. The van der Waals surface area contributed by atoms with E-state index in [2.05, 4.69) is 17.2 Å². The van der Waals surface area contributed by atoms with Gasteiger partial charge in [0.15, 0.2) is 5.58 Å². The Morgan fingerprint density at radius 3 is 2.82 bits per heavy atom. The van der Waals surface area contributed by atoms with Crippen molar-refractivity contribution in [1.82, 2.24) is 0 Å². The molecule has 1 aromatic carbocycles. The Morgan fingerprint density at radius 2 is 2.06 bits per heavy atom. The number of anilines is 1. The average Bonchev–Trinajstić information content (AvgIpc) is 2.74. The van der Waals surface area contributed by atoms with Gasteiger partial charge in [-0.2, -0.15) is 0 Å². The van der Waals surface area contributed by atoms with Gasteiger partial charge in [0, 0.05) is 29.2 Å². The first-order valence-electron chi connectivity index (χ1n) is 5.56. The van der Waals surface area contributed by atoms with Crippen molar-refractivity contribution in [3.8, 4) is 0 Å². The molecule has 2 aromatic rings. The molecule has 0 atom stereocenters. The highest BCUT2D eigenvalue weighted by Gasteiger charge is 2.14. The van der Waals surface area contributed by atoms with Crippen LogP contribution in [-0.2, 0) is 0 Å². The minimum atomic E-state index is 0.555. The third kappa shape index (κ3) is 2.03. The maximum atomic E-state index is 6.10. The van der Waals surface area contributed by atoms with Gasteiger partial charge in [-0.15, -0.1) is 0 Å². The van der Waals surface area contributed by atoms with Gasteiger partial charge in [-0.3, -0.25) is 0 Å². The molecule has 0 bridgehead atoms. The van der Waals surface area contributed by atoms with Gasteiger partial charge >= 0.3 is 0 Å². The molecule has 0 radical (unpaired) electrons. The lowest BCUT2D eigenvalue weighted by atomic mass is 10.2. The normalized spacial score (nSPS) is 15.8. The van der Waals surface area contributed by atoms with Crippen molar-refractivity contribution in [1.29, 1.82) is 0 Å². The van der Waals surface area contributed by atoms with Crippen LogP contribution in [0, 0.1) is 0 Å². The second-order valence-corrected chi connectivity index (χ2v) is 4.95. The molecular weight excluding hydrogens is 257 g/mol. The highest BCUT2D eigenvalue weighted by Crippen LogP contribution is 2.34. The highest BCUT2D eigenvalue weighted by atomic mass is 35.5. The summed E-state index contributed by atoms with van der Waals surface area (Å²) in [5.41, 5.74) is 0.699. The second kappa shape index (κ2) is 4.28. The molecule has 4 heteroatoms. The number of halogens is 2. The molecule has 1 aliphatic rings. The van der Waals surface area contributed by atoms with E-state index in [1.165, 1.54) is 0 Å². The third-order valence-corrected chi connectivity index (χ3v) is 3.36. The summed E-state index contributed by atoms with van der Waals surface area (Å²) in [6.07, 6.45) is 6.47. The van der Waals surface area contributed by atoms with E-state index < -0.39 is 0 Å². The average molecular weight is 268 g/mol. The molecule has 2 heterocycles. The van der Waals surface area contributed by atoms with Gasteiger partial charge in [0.05, 0.1) is 5.02 Å². The summed E-state index contributed by atoms with van der Waals surface area (Å²) in [4.78, 5) is 2.09. The van der Waals surface area contributed by atoms with E-state index in [4.69, 9.17) is 27.6 Å². The molecule has 0 unspecified atom stereocenters. The minimum Gasteiger partial charge on any atom is -0.439 e. The van der Waals surface area contributed by atoms with Crippen molar-refractivity contribution in [2.24, 2.45) is 0 Å². The monoisotopic (exact) mass is 267 g/mol. The van der Waals surface area contributed by atoms with E-state index in [-0.39, 0.29) is 0 Å². The van der Waals surface area contributed by atoms with Crippen LogP contribution in [0.2, 0.25) is 10.0 Å². The van der Waals surface area contributed by atoms with Gasteiger partial charge in [-0.25, -0.2) is 0 Å². The molecule has 1 aliphatic heterocycles. The van der Waals surface area contributed by atoms with Crippen molar-refractivity contribution < 1.29 is 4.42 Å². The van der Waals surface area contributed by atoms with Gasteiger partial charge in [-0.05, 0) is 25.0 Å². The summed E-state index contributed by atoms with van der Waals surface area (Å²) < 4.78 is 5.78. The highest BCUT2D eigenvalue weighted by molar-refractivity contribution is 6.38. The van der Waals surface area contributed by atoms with Crippen molar-refractivity contribution >= 4 is 40.1 Å². The van der Waals surface area contributed by atoms with Crippen LogP contribution in [0.4, 0.5) is 5.88 Å². The molecule has 0 saturated heterocycles. The molecule has 2 nitrogen and oxygen atoms in total. The molecule has 88 valence electrons. The fraction of sp³-hybridized carbons (Fsp3) is 0.231. The quantitative estimate of drug-likeness (QED) is 0.734. The first kappa shape index (κ1) is 11.0. The van der Waals surface area contributed by atoms with Crippen LogP contribution >= 0.6 is 23.2 Å². The number of rotatable bonds is 1. The standard InChI is InChI=1S/C13H11Cl2NO/c14-10-6-9-7-12(16-4-2-1-3-5-16)17-13(9)11(15)8-10/h2,4,6-8H,1,3,5H2. The lowest BCUT2D eigenvalue weighted by molar-refractivity contribution is 0.594. The van der Waals surface area contributed by atoms with E-state index in [1.54, 1.807) is 6.07 Å². The Balaban J connectivity index is 2.09. The molecular formula is C13H11Cl2NO. The third-order valence-electron chi connectivity index (χ3n) is 2.86. The van der Waals surface area contributed by atoms with Gasteiger partial charge < -0.3 is 9.32 Å². The number of furan rings is 1. The number of benzene rings is 1. The SMILES string of the molecule is Clc1cc(Cl)c2oc(N3C=CCCC3)cc2c1. The summed E-state index contributed by atoms with van der Waals surface area (Å²) in [6.45, 7) is 0.974. The van der Waals surface area contributed by atoms with Gasteiger partial charge in [0.1, 0.15) is 0 Å². The van der Waals surface area contributed by atoms with Gasteiger partial charge in [0.25, 0.3) is 0 Å². The summed E-state index contributed by atoms with van der Waals surface area (Å²) in [5.74, 6) is 0.820. The van der Waals surface area contributed by atoms with Crippen LogP contribution < -0.4 is 4.90 Å². The number of hydrogen-bond donors (Lipinski definition) is 0. The fourth-order valence-electron chi connectivity index (χ4n) is 2.04. The molecule has 0 amide bonds. The Morgan fingerprint density at radius 1 is 1.18 bits per heavy atom. The summed E-state index contributed by atoms with van der Waals surface area (Å²) in [7, 11) is 0. The smallest absolute Gasteiger partial charge is 0.200 e. The first-order valence-corrected chi connectivity index (χ1v) is 6.31. The van der Waals surface area contributed by atoms with Gasteiger partial charge in [-0.1, -0.05) is 29.3 Å². The molecule has 0 aliphatic carbocycles. The largest absolute Gasteiger partial charge is 0.439 e. The maximum Gasteiger partial charge on any atom is 0.200 e. The Hall–Kier alpha value is -1.12. The zero-order valence-corrected chi connectivity index (χ0v) is 10.6. The van der Waals surface area contributed by atoms with E-state index in [0.29, 0.717) is 15.6 Å². The summed E-state index contributed by atoms with van der Waals surface area (Å²) >= 11 is 12.1. The fourth-order valence-corrected chi connectivity index (χ4v) is 2.59. The molecule has 0 spiro atoms. The zero-order chi connectivity index (χ0) is 11.8. The van der Waals surface area contributed by atoms with E-state index >= 15 is 0 Å². The predicted octanol–water partition coefficient (Wildman–Crippen LogP) is 4.85. The van der Waals surface area contributed by atoms with Crippen LogP contribution in [-0.4, -0.2) is 6.54 Å². The molecule has 0 N–H and O–H groups in total. The van der Waals surface area contributed by atoms with E-state index in [1.807, 2.05) is 12.1 Å². The number of allylic oxidation sites excluding steroid dienone is 1. The van der Waals surface area contributed by atoms with Crippen LogP contribution in [0.25, 0.3) is 11.0 Å². The van der Waals surface area contributed by atoms with Crippen molar-refractivity contribution in [2.75, 3.05) is 11.4 Å². The van der Waals surface area contributed by atoms with Gasteiger partial charge in [0.2, 0.25) is 5.88 Å². The second-order valence-electron chi connectivity index (χ2n) is 4.11. The number of fused-ring (bicyclic) bond motifs is 1. The van der Waals surface area contributed by atoms with Crippen molar-refractivity contribution in [3.63, 3.8) is 0 Å². The van der Waals surface area contributed by atoms with E-state index in [0.717, 1.165) is 30.7 Å². The van der Waals surface area contributed by atoms with Crippen LogP contribution in [0.15, 0.2) is 34.9 Å². The van der Waals surface area contributed by atoms with Crippen LogP contribution in [0.5, 0.6) is 0 Å². The van der Waals surface area contributed by atoms with Crippen LogP contribution in [0.1, 0.15) is 12.8 Å². The Kier molecular flexibility index (Phi) is 2.77. The maximum absolute atomic E-state index is 6.10. The molecule has 3 rings (SSSR count). The van der Waals surface area contributed by atoms with Crippen molar-refractivity contribution in [3.05, 3.63) is 40.5 Å². The lowest BCUT2D eigenvalue weighted by Gasteiger charge is -2.19. The summed E-state index contributed by atoms with van der Waals surface area (Å²) in [6, 6.07) is 5.54. The summed E-state index contributed by atoms with van der Waals surface area (Å²) in [5, 5.41) is 2.13. The molecule has 1 aromatic heterocycles. The molecule has 0 saturated carbocycles.